The number of aromatic amines is 1. The van der Waals surface area contributed by atoms with Gasteiger partial charge in [-0.05, 0) is 51.6 Å². The Morgan fingerprint density at radius 2 is 2.10 bits per heavy atom. The molecule has 0 radical (unpaired) electrons. The first-order chi connectivity index (χ1) is 14.4. The zero-order chi connectivity index (χ0) is 20.9. The van der Waals surface area contributed by atoms with E-state index in [4.69, 9.17) is 0 Å². The van der Waals surface area contributed by atoms with Gasteiger partial charge in [0.05, 0.1) is 17.1 Å². The van der Waals surface area contributed by atoms with Crippen LogP contribution < -0.4 is 5.32 Å². The highest BCUT2D eigenvalue weighted by molar-refractivity contribution is 5.79. The van der Waals surface area contributed by atoms with Crippen molar-refractivity contribution in [3.05, 3.63) is 24.4 Å². The molecule has 0 amide bonds. The highest BCUT2D eigenvalue weighted by Crippen LogP contribution is 2.59. The lowest BCUT2D eigenvalue weighted by molar-refractivity contribution is -0.187. The molecule has 0 bridgehead atoms. The Labute approximate surface area is 171 Å². The lowest BCUT2D eigenvalue weighted by Crippen LogP contribution is -2.34. The summed E-state index contributed by atoms with van der Waals surface area (Å²) >= 11 is 0. The van der Waals surface area contributed by atoms with Crippen molar-refractivity contribution < 1.29 is 13.2 Å². The van der Waals surface area contributed by atoms with Gasteiger partial charge in [-0.2, -0.15) is 18.3 Å². The molecule has 2 N–H and O–H groups in total. The highest BCUT2D eigenvalue weighted by atomic mass is 19.4. The number of hydrogen-bond donors (Lipinski definition) is 2. The summed E-state index contributed by atoms with van der Waals surface area (Å²) in [5.41, 5.74) is 0.402. The van der Waals surface area contributed by atoms with Crippen molar-refractivity contribution in [3.63, 3.8) is 0 Å². The van der Waals surface area contributed by atoms with Crippen LogP contribution in [0.5, 0.6) is 0 Å². The number of H-pyrrole nitrogens is 1. The second-order valence-electron chi connectivity index (χ2n) is 8.55. The van der Waals surface area contributed by atoms with E-state index in [9.17, 15) is 13.2 Å². The van der Waals surface area contributed by atoms with Gasteiger partial charge in [-0.15, -0.1) is 0 Å². The minimum Gasteiger partial charge on any atom is -0.325 e. The van der Waals surface area contributed by atoms with Gasteiger partial charge >= 0.3 is 6.18 Å². The Kier molecular flexibility index (Phi) is 4.57. The van der Waals surface area contributed by atoms with Crippen molar-refractivity contribution in [2.24, 2.45) is 5.41 Å². The number of halogens is 3. The van der Waals surface area contributed by atoms with Crippen LogP contribution in [0.25, 0.3) is 22.6 Å². The smallest absolute Gasteiger partial charge is 0.325 e. The monoisotopic (exact) mass is 419 g/mol. The second kappa shape index (κ2) is 7.04. The number of nitrogens with zero attached hydrogens (tertiary/aromatic N) is 5. The van der Waals surface area contributed by atoms with Gasteiger partial charge in [-0.1, -0.05) is 0 Å². The molecule has 10 heteroatoms. The molecule has 3 heterocycles. The number of imidazole rings is 1. The number of fused-ring (bicyclic) bond motifs is 1. The summed E-state index contributed by atoms with van der Waals surface area (Å²) < 4.78 is 43.1. The molecule has 30 heavy (non-hydrogen) atoms. The van der Waals surface area contributed by atoms with Gasteiger partial charge in [-0.25, -0.2) is 9.97 Å². The summed E-state index contributed by atoms with van der Waals surface area (Å²) in [6.45, 7) is 0. The predicted octanol–water partition coefficient (Wildman–Crippen LogP) is 3.80. The zero-order valence-corrected chi connectivity index (χ0v) is 16.7. The van der Waals surface area contributed by atoms with Crippen molar-refractivity contribution in [1.82, 2.24) is 35.0 Å². The Hall–Kier alpha value is -2.49. The van der Waals surface area contributed by atoms with Crippen LogP contribution in [0.1, 0.15) is 50.4 Å². The van der Waals surface area contributed by atoms with E-state index < -0.39 is 11.6 Å². The summed E-state index contributed by atoms with van der Waals surface area (Å²) in [4.78, 5) is 13.2. The van der Waals surface area contributed by atoms with Gasteiger partial charge in [0.25, 0.3) is 0 Å². The van der Waals surface area contributed by atoms with Crippen molar-refractivity contribution in [3.8, 4) is 11.5 Å². The molecule has 2 aliphatic carbocycles. The van der Waals surface area contributed by atoms with E-state index in [1.807, 2.05) is 17.7 Å². The van der Waals surface area contributed by atoms with E-state index in [1.165, 1.54) is 6.33 Å². The third-order valence-corrected chi connectivity index (χ3v) is 6.68. The van der Waals surface area contributed by atoms with E-state index in [0.717, 1.165) is 31.2 Å². The molecule has 3 aromatic heterocycles. The fourth-order valence-electron chi connectivity index (χ4n) is 4.71. The fraction of sp³-hybridized carbons (Fsp3) is 0.600. The second-order valence-corrected chi connectivity index (χ2v) is 8.55. The Balaban J connectivity index is 1.61. The molecule has 7 nitrogen and oxygen atoms in total. The lowest BCUT2D eigenvalue weighted by Gasteiger charge is -2.32. The summed E-state index contributed by atoms with van der Waals surface area (Å²) in [7, 11) is 1.94. The Bertz CT molecular complexity index is 1040. The average molecular weight is 419 g/mol. The van der Waals surface area contributed by atoms with E-state index in [1.54, 1.807) is 6.20 Å². The number of aromatic nitrogens is 6. The maximum atomic E-state index is 13.7. The lowest BCUT2D eigenvalue weighted by atomic mass is 9.90. The van der Waals surface area contributed by atoms with Crippen LogP contribution in [0.3, 0.4) is 0 Å². The van der Waals surface area contributed by atoms with E-state index in [0.29, 0.717) is 28.9 Å². The van der Waals surface area contributed by atoms with Crippen LogP contribution in [0.4, 0.5) is 13.2 Å². The molecule has 0 spiro atoms. The number of alkyl halides is 3. The topological polar surface area (TPSA) is 84.3 Å². The maximum absolute atomic E-state index is 13.7. The molecule has 2 atom stereocenters. The molecule has 3 aromatic rings. The van der Waals surface area contributed by atoms with Gasteiger partial charge < -0.3 is 9.88 Å². The first-order valence-electron chi connectivity index (χ1n) is 10.4. The van der Waals surface area contributed by atoms with Gasteiger partial charge in [0.2, 0.25) is 0 Å². The van der Waals surface area contributed by atoms with Crippen LogP contribution in [0.2, 0.25) is 0 Å². The van der Waals surface area contributed by atoms with Crippen molar-refractivity contribution in [2.75, 3.05) is 7.05 Å². The van der Waals surface area contributed by atoms with Crippen LogP contribution in [0, 0.1) is 5.41 Å². The van der Waals surface area contributed by atoms with E-state index in [-0.39, 0.29) is 25.3 Å². The predicted molar refractivity (Wildman–Crippen MR) is 105 cm³/mol. The van der Waals surface area contributed by atoms with Gasteiger partial charge in [-0.3, -0.25) is 10.1 Å². The van der Waals surface area contributed by atoms with Crippen LogP contribution in [-0.4, -0.2) is 49.0 Å². The molecular formula is C20H24F3N7. The molecule has 2 fully saturated rings. The largest absolute Gasteiger partial charge is 0.394 e. The minimum atomic E-state index is -4.21. The van der Waals surface area contributed by atoms with Gasteiger partial charge in [0, 0.05) is 18.5 Å². The van der Waals surface area contributed by atoms with Crippen LogP contribution in [0.15, 0.2) is 18.6 Å². The number of pyridine rings is 1. The van der Waals surface area contributed by atoms with Crippen LogP contribution in [-0.2, 0) is 6.42 Å². The number of nitrogens with one attached hydrogen (secondary N) is 2. The number of rotatable bonds is 5. The van der Waals surface area contributed by atoms with Crippen molar-refractivity contribution in [2.45, 2.75) is 63.2 Å². The first-order valence-corrected chi connectivity index (χ1v) is 10.4. The standard InChI is InChI=1S/C20H24F3N7/c1-24-12-3-2-4-13(7-12)30-16-8-14(18-26-11-27-29-18)25-10-15(16)28-17(30)9-19(5-6-19)20(21,22)23/h8,10-13,24H,2-7,9H2,1H3,(H,26,27,29). The molecule has 2 saturated carbocycles. The molecule has 2 aliphatic rings. The van der Waals surface area contributed by atoms with Gasteiger partial charge in [0.15, 0.2) is 5.82 Å². The van der Waals surface area contributed by atoms with Crippen molar-refractivity contribution >= 4 is 11.0 Å². The quantitative estimate of drug-likeness (QED) is 0.657. The summed E-state index contributed by atoms with van der Waals surface area (Å²) in [5.74, 6) is 1.04. The first kappa shape index (κ1) is 19.5. The Morgan fingerprint density at radius 1 is 1.27 bits per heavy atom. The average Bonchev–Trinajstić information content (AvgIpc) is 3.18. The van der Waals surface area contributed by atoms with E-state index in [2.05, 4.69) is 30.5 Å². The number of hydrogen-bond acceptors (Lipinski definition) is 5. The normalized spacial score (nSPS) is 23.7. The highest BCUT2D eigenvalue weighted by Gasteiger charge is 2.63. The molecule has 2 unspecified atom stereocenters. The Morgan fingerprint density at radius 3 is 2.77 bits per heavy atom. The zero-order valence-electron chi connectivity index (χ0n) is 16.7. The van der Waals surface area contributed by atoms with E-state index >= 15 is 0 Å². The molecular weight excluding hydrogens is 395 g/mol. The fourth-order valence-corrected chi connectivity index (χ4v) is 4.71. The maximum Gasteiger partial charge on any atom is 0.394 e. The molecule has 0 saturated heterocycles. The molecule has 0 aliphatic heterocycles. The molecule has 5 rings (SSSR count). The summed E-state index contributed by atoms with van der Waals surface area (Å²) in [5, 5.41) is 10.00. The summed E-state index contributed by atoms with van der Waals surface area (Å²) in [6.07, 6.45) is 2.98. The summed E-state index contributed by atoms with van der Waals surface area (Å²) in [6, 6.07) is 2.31. The third kappa shape index (κ3) is 3.27. The molecule has 160 valence electrons. The SMILES string of the molecule is CNC1CCCC(n2c(CC3(C(F)(F)F)CC3)nc3cnc(-c4ncn[nH]4)cc32)C1. The molecule has 0 aromatic carbocycles. The van der Waals surface area contributed by atoms with Gasteiger partial charge in [0.1, 0.15) is 23.4 Å². The minimum absolute atomic E-state index is 0.0798. The van der Waals surface area contributed by atoms with Crippen LogP contribution >= 0.6 is 0 Å². The third-order valence-electron chi connectivity index (χ3n) is 6.68. The van der Waals surface area contributed by atoms with Crippen molar-refractivity contribution in [1.29, 1.82) is 0 Å².